The van der Waals surface area contributed by atoms with Gasteiger partial charge in [-0.05, 0) is 18.2 Å². The largest absolute Gasteiger partial charge is 0.363 e. The molecule has 19 heavy (non-hydrogen) atoms. The molecule has 0 aromatic rings. The lowest BCUT2D eigenvalue weighted by atomic mass is 9.91. The number of amidine groups is 2. The first-order chi connectivity index (χ1) is 9.42. The molecule has 3 heterocycles. The average molecular weight is 294 g/mol. The smallest absolute Gasteiger partial charge is 0.168 e. The summed E-state index contributed by atoms with van der Waals surface area (Å²) in [5.74, 6) is 1.01. The summed E-state index contributed by atoms with van der Waals surface area (Å²) in [4.78, 5) is 11.9. The molecule has 1 saturated carbocycles. The molecular weight excluding hydrogens is 276 g/mol. The highest BCUT2D eigenvalue weighted by Gasteiger charge is 2.41. The van der Waals surface area contributed by atoms with Gasteiger partial charge in [-0.15, -0.1) is 0 Å². The Balaban J connectivity index is 1.44. The van der Waals surface area contributed by atoms with Crippen molar-refractivity contribution in [2.45, 2.75) is 37.8 Å². The summed E-state index contributed by atoms with van der Waals surface area (Å²) in [6, 6.07) is 1.20. The summed E-state index contributed by atoms with van der Waals surface area (Å²) >= 11 is 3.64. The fourth-order valence-electron chi connectivity index (χ4n) is 3.21. The van der Waals surface area contributed by atoms with Crippen molar-refractivity contribution in [1.82, 2.24) is 10.2 Å². The Hall–Kier alpha value is -0.620. The van der Waals surface area contributed by atoms with Gasteiger partial charge in [0.15, 0.2) is 10.3 Å². The van der Waals surface area contributed by atoms with Gasteiger partial charge < -0.3 is 10.2 Å². The predicted molar refractivity (Wildman–Crippen MR) is 83.8 cm³/mol. The van der Waals surface area contributed by atoms with Crippen molar-refractivity contribution in [2.24, 2.45) is 9.98 Å². The monoisotopic (exact) mass is 294 g/mol. The number of hydrogen-bond donors (Lipinski definition) is 1. The molecule has 1 aliphatic carbocycles. The van der Waals surface area contributed by atoms with E-state index in [0.29, 0.717) is 12.1 Å². The average Bonchev–Trinajstić information content (AvgIpc) is 3.13. The number of aliphatic imine (C=N–C) groups is 2. The van der Waals surface area contributed by atoms with Crippen LogP contribution in [0.1, 0.15) is 25.7 Å². The molecule has 4 nitrogen and oxygen atoms in total. The van der Waals surface area contributed by atoms with Crippen LogP contribution >= 0.6 is 23.5 Å². The number of fused-ring (bicyclic) bond motifs is 3. The van der Waals surface area contributed by atoms with E-state index in [-0.39, 0.29) is 0 Å². The Morgan fingerprint density at radius 2 is 2.37 bits per heavy atom. The van der Waals surface area contributed by atoms with Crippen molar-refractivity contribution >= 4 is 33.9 Å². The van der Waals surface area contributed by atoms with Crippen molar-refractivity contribution in [2.75, 3.05) is 18.8 Å². The summed E-state index contributed by atoms with van der Waals surface area (Å²) in [5.41, 5.74) is 1.43. The lowest BCUT2D eigenvalue weighted by Gasteiger charge is -2.31. The molecule has 0 spiro atoms. The van der Waals surface area contributed by atoms with E-state index in [9.17, 15) is 0 Å². The zero-order valence-electron chi connectivity index (χ0n) is 10.8. The van der Waals surface area contributed by atoms with Gasteiger partial charge in [0.2, 0.25) is 0 Å². The van der Waals surface area contributed by atoms with Crippen LogP contribution in [0.25, 0.3) is 0 Å². The van der Waals surface area contributed by atoms with Gasteiger partial charge in [0, 0.05) is 18.0 Å². The number of hydrogen-bond acceptors (Lipinski definition) is 6. The third kappa shape index (κ3) is 2.18. The number of nitrogens with one attached hydrogen (secondary N) is 1. The van der Waals surface area contributed by atoms with E-state index in [1.807, 2.05) is 23.5 Å². The van der Waals surface area contributed by atoms with Gasteiger partial charge in [-0.3, -0.25) is 9.98 Å². The predicted octanol–water partition coefficient (Wildman–Crippen LogP) is 2.25. The second kappa shape index (κ2) is 5.05. The lowest BCUT2D eigenvalue weighted by Crippen LogP contribution is -2.39. The SMILES string of the molecule is C1=C(CSC2=NCCN2)N2C(=N[C@H]3CCCC[C@H]32)S1. The highest BCUT2D eigenvalue weighted by Crippen LogP contribution is 2.41. The molecule has 0 amide bonds. The van der Waals surface area contributed by atoms with Crippen molar-refractivity contribution in [1.29, 1.82) is 0 Å². The van der Waals surface area contributed by atoms with Gasteiger partial charge in [0.25, 0.3) is 0 Å². The van der Waals surface area contributed by atoms with Crippen LogP contribution in [0.15, 0.2) is 21.1 Å². The van der Waals surface area contributed by atoms with Crippen molar-refractivity contribution in [3.63, 3.8) is 0 Å². The minimum atomic E-state index is 0.562. The van der Waals surface area contributed by atoms with Crippen LogP contribution in [0, 0.1) is 0 Å². The van der Waals surface area contributed by atoms with Crippen LogP contribution in [-0.4, -0.2) is 46.2 Å². The molecule has 1 fully saturated rings. The molecule has 0 saturated heterocycles. The van der Waals surface area contributed by atoms with Crippen molar-refractivity contribution in [3.05, 3.63) is 11.1 Å². The van der Waals surface area contributed by atoms with Gasteiger partial charge in [0.05, 0.1) is 18.6 Å². The van der Waals surface area contributed by atoms with E-state index in [1.165, 1.54) is 36.5 Å². The Morgan fingerprint density at radius 1 is 1.42 bits per heavy atom. The van der Waals surface area contributed by atoms with Crippen molar-refractivity contribution in [3.8, 4) is 0 Å². The normalized spacial score (nSPS) is 32.4. The summed E-state index contributed by atoms with van der Waals surface area (Å²) in [5, 5.41) is 7.96. The van der Waals surface area contributed by atoms with E-state index in [4.69, 9.17) is 4.99 Å². The Labute approximate surface area is 122 Å². The number of nitrogens with zero attached hydrogens (tertiary/aromatic N) is 3. The van der Waals surface area contributed by atoms with E-state index in [2.05, 4.69) is 20.6 Å². The van der Waals surface area contributed by atoms with Crippen LogP contribution < -0.4 is 5.32 Å². The molecule has 4 aliphatic rings. The molecule has 4 rings (SSSR count). The fourth-order valence-corrected chi connectivity index (χ4v) is 5.21. The lowest BCUT2D eigenvalue weighted by molar-refractivity contribution is 0.285. The van der Waals surface area contributed by atoms with Gasteiger partial charge in [-0.25, -0.2) is 0 Å². The van der Waals surface area contributed by atoms with Crippen LogP contribution in [-0.2, 0) is 0 Å². The highest BCUT2D eigenvalue weighted by molar-refractivity contribution is 8.17. The van der Waals surface area contributed by atoms with E-state index < -0.39 is 0 Å². The van der Waals surface area contributed by atoms with Gasteiger partial charge >= 0.3 is 0 Å². The topological polar surface area (TPSA) is 40.0 Å². The molecule has 0 aromatic heterocycles. The standard InChI is InChI=1S/C13H18N4S2/c1-2-4-11-10(3-1)16-13-17(11)9(8-19-13)7-18-12-14-5-6-15-12/h8,10-11H,1-7H2,(H,14,15)/t10-,11+/m0/s1. The first kappa shape index (κ1) is 12.1. The van der Waals surface area contributed by atoms with Crippen LogP contribution in [0.3, 0.4) is 0 Å². The molecule has 0 bridgehead atoms. The molecule has 0 unspecified atom stereocenters. The van der Waals surface area contributed by atoms with Crippen LogP contribution in [0.2, 0.25) is 0 Å². The summed E-state index contributed by atoms with van der Waals surface area (Å²) in [6.45, 7) is 1.93. The Kier molecular flexibility index (Phi) is 3.23. The number of rotatable bonds is 2. The minimum Gasteiger partial charge on any atom is -0.363 e. The zero-order chi connectivity index (χ0) is 12.7. The third-order valence-corrected chi connectivity index (χ3v) is 6.01. The second-order valence-electron chi connectivity index (χ2n) is 5.33. The van der Waals surface area contributed by atoms with Crippen LogP contribution in [0.5, 0.6) is 0 Å². The third-order valence-electron chi connectivity index (χ3n) is 4.12. The minimum absolute atomic E-state index is 0.562. The maximum absolute atomic E-state index is 4.90. The van der Waals surface area contributed by atoms with Gasteiger partial charge in [0.1, 0.15) is 0 Å². The summed E-state index contributed by atoms with van der Waals surface area (Å²) in [6.07, 6.45) is 5.30. The van der Waals surface area contributed by atoms with E-state index >= 15 is 0 Å². The Morgan fingerprint density at radius 3 is 3.26 bits per heavy atom. The van der Waals surface area contributed by atoms with E-state index in [0.717, 1.165) is 24.0 Å². The molecule has 3 aliphatic heterocycles. The molecule has 102 valence electrons. The van der Waals surface area contributed by atoms with E-state index in [1.54, 1.807) is 0 Å². The maximum Gasteiger partial charge on any atom is 0.168 e. The van der Waals surface area contributed by atoms with Gasteiger partial charge in [-0.1, -0.05) is 36.4 Å². The van der Waals surface area contributed by atoms with Crippen LogP contribution in [0.4, 0.5) is 0 Å². The molecular formula is C13H18N4S2. The summed E-state index contributed by atoms with van der Waals surface area (Å²) in [7, 11) is 0. The highest BCUT2D eigenvalue weighted by atomic mass is 32.2. The molecule has 0 aromatic carbocycles. The summed E-state index contributed by atoms with van der Waals surface area (Å²) < 4.78 is 0. The maximum atomic E-state index is 4.90. The molecule has 2 atom stereocenters. The second-order valence-corrected chi connectivity index (χ2v) is 7.13. The first-order valence-electron chi connectivity index (χ1n) is 7.06. The number of thioether (sulfide) groups is 2. The fraction of sp³-hybridized carbons (Fsp3) is 0.692. The molecule has 6 heteroatoms. The molecule has 0 radical (unpaired) electrons. The van der Waals surface area contributed by atoms with Crippen molar-refractivity contribution < 1.29 is 0 Å². The Bertz CT molecular complexity index is 471. The quantitative estimate of drug-likeness (QED) is 0.848. The molecule has 1 N–H and O–H groups in total. The first-order valence-corrected chi connectivity index (χ1v) is 8.92. The van der Waals surface area contributed by atoms with Gasteiger partial charge in [-0.2, -0.15) is 0 Å². The zero-order valence-corrected chi connectivity index (χ0v) is 12.5.